The molecule has 21 aromatic rings. The Hall–Kier alpha value is -12.9. The molecule has 19 aromatic carbocycles. The third-order valence-corrected chi connectivity index (χ3v) is 22.8. The summed E-state index contributed by atoms with van der Waals surface area (Å²) < 4.78 is 7.77. The molecule has 0 radical (unpaired) electrons. The highest BCUT2D eigenvalue weighted by Gasteiger charge is 2.25. The van der Waals surface area contributed by atoms with Crippen molar-refractivity contribution in [2.45, 2.75) is 0 Å². The van der Waals surface area contributed by atoms with Crippen molar-refractivity contribution in [3.8, 4) is 99.9 Å². The Morgan fingerprint density at radius 1 is 0.210 bits per heavy atom. The summed E-state index contributed by atoms with van der Waals surface area (Å²) in [6.45, 7) is 0. The zero-order valence-electron chi connectivity index (χ0n) is 53.9. The normalized spacial score (nSPS) is 12.2. The minimum Gasteiger partial charge on any atom is -0.435 e. The van der Waals surface area contributed by atoms with Crippen LogP contribution in [-0.4, -0.2) is 9.97 Å². The molecule has 0 fully saturated rings. The summed E-state index contributed by atoms with van der Waals surface area (Å²) in [5.74, 6) is 0.633. The van der Waals surface area contributed by atoms with Crippen LogP contribution in [0, 0.1) is 0 Å². The molecular weight excluding hydrogens is 1230 g/mol. The van der Waals surface area contributed by atoms with Gasteiger partial charge in [-0.3, -0.25) is 0 Å². The molecule has 2 aromatic heterocycles. The van der Waals surface area contributed by atoms with E-state index in [0.29, 0.717) is 5.89 Å². The first-order chi connectivity index (χ1) is 49.6. The topological polar surface area (TPSA) is 38.9 Å². The second-order valence-electron chi connectivity index (χ2n) is 26.9. The van der Waals surface area contributed by atoms with E-state index in [9.17, 15) is 0 Å². The summed E-state index contributed by atoms with van der Waals surface area (Å²) in [4.78, 5) is 10.3. The van der Waals surface area contributed by atoms with Crippen LogP contribution in [0.5, 0.6) is 0 Å². The van der Waals surface area contributed by atoms with Crippen LogP contribution >= 0.6 is 11.3 Å². The van der Waals surface area contributed by atoms with Gasteiger partial charge in [0.2, 0.25) is 5.89 Å². The van der Waals surface area contributed by atoms with Gasteiger partial charge in [-0.25, -0.2) is 9.97 Å². The molecule has 4 heteroatoms. The molecule has 0 N–H and O–H groups in total. The van der Waals surface area contributed by atoms with Gasteiger partial charge in [0.05, 0.1) is 10.2 Å². The Morgan fingerprint density at radius 2 is 0.640 bits per heavy atom. The average Bonchev–Trinajstić information content (AvgIpc) is 1.07. The molecular formula is C96H54N2OS. The molecule has 1 aliphatic rings. The first kappa shape index (κ1) is 55.3. The lowest BCUT2D eigenvalue weighted by molar-refractivity contribution is 0.623. The van der Waals surface area contributed by atoms with Gasteiger partial charge in [0, 0.05) is 21.9 Å². The van der Waals surface area contributed by atoms with Gasteiger partial charge in [-0.1, -0.05) is 273 Å². The van der Waals surface area contributed by atoms with Crippen molar-refractivity contribution in [1.29, 1.82) is 0 Å². The molecule has 22 rings (SSSR count). The minimum absolute atomic E-state index is 0.633. The monoisotopic (exact) mass is 1280 g/mol. The zero-order valence-corrected chi connectivity index (χ0v) is 54.7. The molecule has 100 heavy (non-hydrogen) atoms. The minimum atomic E-state index is 0.633. The summed E-state index contributed by atoms with van der Waals surface area (Å²) in [5.41, 5.74) is 22.1. The zero-order chi connectivity index (χ0) is 65.3. The van der Waals surface area contributed by atoms with Crippen molar-refractivity contribution in [3.63, 3.8) is 0 Å². The largest absolute Gasteiger partial charge is 0.435 e. The van der Waals surface area contributed by atoms with Crippen LogP contribution in [-0.2, 0) is 0 Å². The van der Waals surface area contributed by atoms with Crippen molar-refractivity contribution in [3.05, 3.63) is 328 Å². The molecule has 0 atom stereocenters. The SMILES string of the molecule is c1ccc(-c2nc3ccc4ccc5cc(-c6ccc(-c7ccc8c9ccc(-c%10cc%11ccc(-c%12ccc(-c%13ccc%14c%15c(cccc%13%15)-c%13ccccc%13-%14)c%13ccccc%12%13)cc%11c%11c%10ccc%10nc(-c%12ccccc%12)sc%10%11)cc9c9ccccc9c8c7)c7ccccc67)ccc5c4c3o2)cc1. The Kier molecular flexibility index (Phi) is 11.8. The predicted molar refractivity (Wildman–Crippen MR) is 425 cm³/mol. The fourth-order valence-electron chi connectivity index (χ4n) is 17.1. The van der Waals surface area contributed by atoms with Gasteiger partial charge in [0.25, 0.3) is 0 Å². The van der Waals surface area contributed by atoms with Gasteiger partial charge in [-0.2, -0.15) is 0 Å². The van der Waals surface area contributed by atoms with Crippen LogP contribution in [0.1, 0.15) is 0 Å². The number of thiazole rings is 1. The Bertz CT molecular complexity index is 7090. The lowest BCUT2D eigenvalue weighted by Crippen LogP contribution is -1.90. The molecule has 0 spiro atoms. The van der Waals surface area contributed by atoms with Crippen molar-refractivity contribution in [2.75, 3.05) is 0 Å². The highest BCUT2D eigenvalue weighted by molar-refractivity contribution is 7.22. The molecule has 0 aliphatic heterocycles. The maximum Gasteiger partial charge on any atom is 0.227 e. The van der Waals surface area contributed by atoms with Crippen LogP contribution < -0.4 is 0 Å². The summed E-state index contributed by atoms with van der Waals surface area (Å²) >= 11 is 1.80. The quantitative estimate of drug-likeness (QED) is 0.149. The third-order valence-electron chi connectivity index (χ3n) is 21.6. The molecule has 1 aliphatic carbocycles. The van der Waals surface area contributed by atoms with E-state index in [2.05, 4.69) is 297 Å². The van der Waals surface area contributed by atoms with E-state index < -0.39 is 0 Å². The molecule has 0 bridgehead atoms. The molecule has 3 nitrogen and oxygen atoms in total. The van der Waals surface area contributed by atoms with Crippen LogP contribution in [0.4, 0.5) is 0 Å². The maximum absolute atomic E-state index is 6.58. The number of benzene rings is 19. The Morgan fingerprint density at radius 3 is 1.31 bits per heavy atom. The number of hydrogen-bond acceptors (Lipinski definition) is 4. The van der Waals surface area contributed by atoms with Crippen LogP contribution in [0.15, 0.2) is 332 Å². The van der Waals surface area contributed by atoms with Gasteiger partial charge in [-0.05, 0) is 229 Å². The predicted octanol–water partition coefficient (Wildman–Crippen LogP) is 27.3. The highest BCUT2D eigenvalue weighted by atomic mass is 32.1. The first-order valence-corrected chi connectivity index (χ1v) is 35.1. The van der Waals surface area contributed by atoms with Crippen molar-refractivity contribution in [2.24, 2.45) is 0 Å². The lowest BCUT2D eigenvalue weighted by atomic mass is 9.86. The van der Waals surface area contributed by atoms with Crippen LogP contribution in [0.2, 0.25) is 0 Å². The van der Waals surface area contributed by atoms with Crippen LogP contribution in [0.3, 0.4) is 0 Å². The van der Waals surface area contributed by atoms with E-state index in [0.717, 1.165) is 54.3 Å². The summed E-state index contributed by atoms with van der Waals surface area (Å²) in [6.07, 6.45) is 0. The molecule has 0 saturated carbocycles. The van der Waals surface area contributed by atoms with Crippen molar-refractivity contribution in [1.82, 2.24) is 9.97 Å². The summed E-state index contributed by atoms with van der Waals surface area (Å²) in [6, 6.07) is 121. The molecule has 0 amide bonds. The number of nitrogens with zero attached hydrogens (tertiary/aromatic N) is 2. The van der Waals surface area contributed by atoms with E-state index in [1.165, 1.54) is 169 Å². The summed E-state index contributed by atoms with van der Waals surface area (Å²) in [7, 11) is 0. The van der Waals surface area contributed by atoms with Gasteiger partial charge in [-0.15, -0.1) is 11.3 Å². The molecule has 2 heterocycles. The van der Waals surface area contributed by atoms with Crippen molar-refractivity contribution < 1.29 is 4.42 Å². The van der Waals surface area contributed by atoms with Crippen molar-refractivity contribution >= 4 is 140 Å². The first-order valence-electron chi connectivity index (χ1n) is 34.3. The Balaban J connectivity index is 0.662. The van der Waals surface area contributed by atoms with E-state index in [1.807, 2.05) is 30.3 Å². The number of rotatable bonds is 7. The standard InChI is InChI=1S/C96H54N2OS/c1-3-16-56(17-4-1)95-97-88-48-37-55-30-31-59-50-58(34-38-67(59)90(55)93(88)99-95)64-41-42-65(69-21-8-7-20-68(64)69)61-35-39-78-79-40-36-62(54-87(79)75-27-14-13-26-74(75)86(78)53-61)84-51-63-33-32-60(52-85(63)92-83(84)47-49-89-94(92)100-96(98-89)57-18-5-2-6-19-57)66-43-44-76(71-23-10-9-22-70(66)71)77-45-46-82-73-25-12-11-24-72(73)80-28-15-29-81(77)91(80)82/h1-54H. The number of hydrogen-bond donors (Lipinski definition) is 0. The number of fused-ring (bicyclic) bond motifs is 21. The van der Waals surface area contributed by atoms with E-state index >= 15 is 0 Å². The van der Waals surface area contributed by atoms with Crippen LogP contribution in [0.25, 0.3) is 229 Å². The second kappa shape index (κ2) is 21.3. The molecule has 0 saturated heterocycles. The molecule has 460 valence electrons. The van der Waals surface area contributed by atoms with Gasteiger partial charge >= 0.3 is 0 Å². The van der Waals surface area contributed by atoms with E-state index in [1.54, 1.807) is 11.3 Å². The van der Waals surface area contributed by atoms with E-state index in [4.69, 9.17) is 14.4 Å². The fraction of sp³-hybridized carbons (Fsp3) is 0. The highest BCUT2D eigenvalue weighted by Crippen LogP contribution is 2.52. The van der Waals surface area contributed by atoms with Gasteiger partial charge < -0.3 is 4.42 Å². The van der Waals surface area contributed by atoms with Gasteiger partial charge in [0.1, 0.15) is 10.5 Å². The van der Waals surface area contributed by atoms with Gasteiger partial charge in [0.15, 0.2) is 5.58 Å². The number of oxazole rings is 1. The molecule has 0 unspecified atom stereocenters. The second-order valence-corrected chi connectivity index (χ2v) is 27.9. The third kappa shape index (κ3) is 8.20. The lowest BCUT2D eigenvalue weighted by Gasteiger charge is -2.17. The fourth-order valence-corrected chi connectivity index (χ4v) is 18.2. The Labute approximate surface area is 578 Å². The number of aromatic nitrogens is 2. The van der Waals surface area contributed by atoms with E-state index in [-0.39, 0.29) is 0 Å². The smallest absolute Gasteiger partial charge is 0.227 e. The average molecular weight is 1280 g/mol. The summed E-state index contributed by atoms with van der Waals surface area (Å²) in [5, 5.41) is 25.3. The maximum atomic E-state index is 6.58.